The van der Waals surface area contributed by atoms with Crippen molar-refractivity contribution < 1.29 is 19.1 Å². The van der Waals surface area contributed by atoms with Crippen LogP contribution < -0.4 is 9.47 Å². The van der Waals surface area contributed by atoms with Gasteiger partial charge in [-0.3, -0.25) is 9.59 Å². The Labute approximate surface area is 128 Å². The van der Waals surface area contributed by atoms with Crippen LogP contribution >= 0.6 is 11.6 Å². The van der Waals surface area contributed by atoms with Crippen LogP contribution in [0.4, 0.5) is 0 Å². The molecule has 0 aliphatic heterocycles. The third-order valence-corrected chi connectivity index (χ3v) is 2.21. The summed E-state index contributed by atoms with van der Waals surface area (Å²) in [6, 6.07) is 18.0. The van der Waals surface area contributed by atoms with Crippen molar-refractivity contribution in [2.45, 2.75) is 6.92 Å². The predicted octanol–water partition coefficient (Wildman–Crippen LogP) is 3.44. The van der Waals surface area contributed by atoms with Gasteiger partial charge in [-0.2, -0.15) is 0 Å². The molecule has 2 aromatic rings. The maximum atomic E-state index is 10.4. The molecule has 4 nitrogen and oxygen atoms in total. The smallest absolute Gasteiger partial charge is 0.308 e. The van der Waals surface area contributed by atoms with Crippen LogP contribution in [0.2, 0.25) is 0 Å². The van der Waals surface area contributed by atoms with Gasteiger partial charge in [0.1, 0.15) is 11.5 Å². The van der Waals surface area contributed by atoms with Gasteiger partial charge in [-0.1, -0.05) is 36.4 Å². The van der Waals surface area contributed by atoms with Crippen molar-refractivity contribution in [3.8, 4) is 11.5 Å². The fourth-order valence-corrected chi connectivity index (χ4v) is 1.37. The molecule has 0 fully saturated rings. The first-order valence-electron chi connectivity index (χ1n) is 6.17. The third-order valence-electron chi connectivity index (χ3n) is 2.10. The van der Waals surface area contributed by atoms with Gasteiger partial charge in [0.25, 0.3) is 5.24 Å². The molecule has 0 aliphatic rings. The molecule has 2 aromatic carbocycles. The van der Waals surface area contributed by atoms with Crippen molar-refractivity contribution in [3.63, 3.8) is 0 Å². The maximum absolute atomic E-state index is 10.4. The molecule has 0 saturated carbocycles. The largest absolute Gasteiger partial charge is 0.484 e. The summed E-state index contributed by atoms with van der Waals surface area (Å²) in [6.45, 7) is 1.30. The zero-order chi connectivity index (χ0) is 15.5. The van der Waals surface area contributed by atoms with Crippen LogP contribution in [0, 0.1) is 0 Å². The Kier molecular flexibility index (Phi) is 7.61. The first kappa shape index (κ1) is 16.7. The number of halogens is 1. The summed E-state index contributed by atoms with van der Waals surface area (Å²) in [7, 11) is 0. The van der Waals surface area contributed by atoms with Crippen molar-refractivity contribution in [1.29, 1.82) is 0 Å². The molecule has 0 amide bonds. The quantitative estimate of drug-likeness (QED) is 0.493. The minimum atomic E-state index is -0.492. The number of hydrogen-bond donors (Lipinski definition) is 0. The highest BCUT2D eigenvalue weighted by Gasteiger charge is 1.96. The molecule has 0 radical (unpaired) electrons. The Balaban J connectivity index is 0.000000211. The van der Waals surface area contributed by atoms with Gasteiger partial charge in [0.05, 0.1) is 0 Å². The van der Waals surface area contributed by atoms with Gasteiger partial charge in [0, 0.05) is 6.92 Å². The fourth-order valence-electron chi connectivity index (χ4n) is 1.31. The van der Waals surface area contributed by atoms with E-state index in [2.05, 4.69) is 0 Å². The minimum absolute atomic E-state index is 0.0778. The molecule has 0 spiro atoms. The Morgan fingerprint density at radius 2 is 1.38 bits per heavy atom. The third kappa shape index (κ3) is 8.44. The van der Waals surface area contributed by atoms with Crippen molar-refractivity contribution in [1.82, 2.24) is 0 Å². The summed E-state index contributed by atoms with van der Waals surface area (Å²) in [4.78, 5) is 20.6. The predicted molar refractivity (Wildman–Crippen MR) is 80.5 cm³/mol. The first-order valence-corrected chi connectivity index (χ1v) is 6.55. The number of esters is 1. The Morgan fingerprint density at radius 1 is 0.905 bits per heavy atom. The lowest BCUT2D eigenvalue weighted by Gasteiger charge is -2.00. The lowest BCUT2D eigenvalue weighted by Crippen LogP contribution is -2.03. The first-order chi connectivity index (χ1) is 10.1. The SMILES string of the molecule is CC(=O)Oc1ccccc1.O=C(Cl)COc1ccccc1. The molecule has 0 N–H and O–H groups in total. The maximum Gasteiger partial charge on any atom is 0.308 e. The van der Waals surface area contributed by atoms with E-state index in [1.807, 2.05) is 36.4 Å². The molecular weight excluding hydrogens is 292 g/mol. The van der Waals surface area contributed by atoms with Crippen LogP contribution in [0.25, 0.3) is 0 Å². The van der Waals surface area contributed by atoms with E-state index in [1.165, 1.54) is 6.92 Å². The van der Waals surface area contributed by atoms with Crippen molar-refractivity contribution in [2.75, 3.05) is 6.61 Å². The van der Waals surface area contributed by atoms with Crippen LogP contribution in [0.1, 0.15) is 6.92 Å². The summed E-state index contributed by atoms with van der Waals surface area (Å²) in [5.74, 6) is 0.961. The minimum Gasteiger partial charge on any atom is -0.484 e. The van der Waals surface area contributed by atoms with Crippen LogP contribution in [-0.2, 0) is 9.59 Å². The fraction of sp³-hybridized carbons (Fsp3) is 0.125. The second-order valence-corrected chi connectivity index (χ2v) is 4.29. The number of carbonyl (C=O) groups is 2. The zero-order valence-electron chi connectivity index (χ0n) is 11.5. The molecule has 21 heavy (non-hydrogen) atoms. The van der Waals surface area contributed by atoms with Gasteiger partial charge >= 0.3 is 5.97 Å². The number of benzene rings is 2. The molecule has 0 atom stereocenters. The molecule has 0 aliphatic carbocycles. The van der Waals surface area contributed by atoms with Gasteiger partial charge in [-0.25, -0.2) is 0 Å². The molecule has 110 valence electrons. The van der Waals surface area contributed by atoms with Crippen molar-refractivity contribution in [3.05, 3.63) is 60.7 Å². The highest BCUT2D eigenvalue weighted by molar-refractivity contribution is 6.63. The van der Waals surface area contributed by atoms with E-state index in [0.29, 0.717) is 11.5 Å². The van der Waals surface area contributed by atoms with E-state index >= 15 is 0 Å². The summed E-state index contributed by atoms with van der Waals surface area (Å²) in [5, 5.41) is -0.492. The summed E-state index contributed by atoms with van der Waals surface area (Å²) in [5.41, 5.74) is 0. The number of ether oxygens (including phenoxy) is 2. The molecule has 2 rings (SSSR count). The Morgan fingerprint density at radius 3 is 1.81 bits per heavy atom. The van der Waals surface area contributed by atoms with Crippen LogP contribution in [0.5, 0.6) is 11.5 Å². The summed E-state index contributed by atoms with van der Waals surface area (Å²) < 4.78 is 9.76. The van der Waals surface area contributed by atoms with E-state index in [1.54, 1.807) is 24.3 Å². The van der Waals surface area contributed by atoms with Crippen molar-refractivity contribution >= 4 is 22.8 Å². The number of para-hydroxylation sites is 2. The number of hydrogen-bond acceptors (Lipinski definition) is 4. The number of carbonyl (C=O) groups excluding carboxylic acids is 2. The Hall–Kier alpha value is -2.33. The van der Waals surface area contributed by atoms with Crippen LogP contribution in [-0.4, -0.2) is 17.8 Å². The Bertz CT molecular complexity index is 555. The molecular formula is C16H15ClO4. The molecule has 0 bridgehead atoms. The molecule has 0 unspecified atom stereocenters. The second-order valence-electron chi connectivity index (χ2n) is 3.86. The molecule has 0 saturated heterocycles. The van der Waals surface area contributed by atoms with Crippen LogP contribution in [0.15, 0.2) is 60.7 Å². The lowest BCUT2D eigenvalue weighted by atomic mass is 10.3. The highest BCUT2D eigenvalue weighted by Crippen LogP contribution is 2.08. The van der Waals surface area contributed by atoms with Gasteiger partial charge in [-0.05, 0) is 35.9 Å². The molecule has 0 heterocycles. The standard InChI is InChI=1S/C8H7ClO2.C8H8O2/c9-8(10)6-11-7-4-2-1-3-5-7;1-7(9)10-8-5-3-2-4-6-8/h1-5H,6H2;2-6H,1H3. The monoisotopic (exact) mass is 306 g/mol. The van der Waals surface area contributed by atoms with Gasteiger partial charge in [-0.15, -0.1) is 0 Å². The van der Waals surface area contributed by atoms with Crippen LogP contribution in [0.3, 0.4) is 0 Å². The van der Waals surface area contributed by atoms with Gasteiger partial charge in [0.15, 0.2) is 6.61 Å². The highest BCUT2D eigenvalue weighted by atomic mass is 35.5. The number of rotatable bonds is 4. The summed E-state index contributed by atoms with van der Waals surface area (Å²) in [6.07, 6.45) is 0. The second kappa shape index (κ2) is 9.55. The zero-order valence-corrected chi connectivity index (χ0v) is 12.2. The average molecular weight is 307 g/mol. The lowest BCUT2D eigenvalue weighted by molar-refractivity contribution is -0.131. The van der Waals surface area contributed by atoms with E-state index in [-0.39, 0.29) is 12.6 Å². The van der Waals surface area contributed by atoms with E-state index < -0.39 is 5.24 Å². The van der Waals surface area contributed by atoms with E-state index in [4.69, 9.17) is 21.1 Å². The van der Waals surface area contributed by atoms with Gasteiger partial charge in [0.2, 0.25) is 0 Å². The topological polar surface area (TPSA) is 52.6 Å². The average Bonchev–Trinajstić information content (AvgIpc) is 2.47. The van der Waals surface area contributed by atoms with Crippen molar-refractivity contribution in [2.24, 2.45) is 0 Å². The summed E-state index contributed by atoms with van der Waals surface area (Å²) >= 11 is 5.06. The molecule has 0 aromatic heterocycles. The molecule has 5 heteroatoms. The van der Waals surface area contributed by atoms with E-state index in [0.717, 1.165) is 0 Å². The van der Waals surface area contributed by atoms with E-state index in [9.17, 15) is 9.59 Å². The normalized spacial score (nSPS) is 9.05. The van der Waals surface area contributed by atoms with Gasteiger partial charge < -0.3 is 9.47 Å².